The minimum atomic E-state index is 0.0228. The number of likely N-dealkylation sites (tertiary alicyclic amines) is 2. The smallest absolute Gasteiger partial charge is 0.234 e. The number of fused-ring (bicyclic) bond motifs is 1. The number of nitrogens with one attached hydrogen (secondary N) is 1. The molecule has 1 aromatic carbocycles. The molecule has 1 aromatic rings. The van der Waals surface area contributed by atoms with Crippen LogP contribution in [0.3, 0.4) is 0 Å². The lowest BCUT2D eigenvalue weighted by atomic mass is 9.95. The SMILES string of the molecule is O=C(CN1CCC(C(=O)N2CCCCCC2)CC1)NC1CCOc2ccccc21. The number of carbonyl (C=O) groups excluding carboxylic acids is 2. The highest BCUT2D eigenvalue weighted by Gasteiger charge is 2.30. The lowest BCUT2D eigenvalue weighted by Crippen LogP contribution is -2.46. The number of rotatable bonds is 4. The first-order chi connectivity index (χ1) is 14.2. The fourth-order valence-electron chi connectivity index (χ4n) is 4.82. The van der Waals surface area contributed by atoms with Gasteiger partial charge in [0.25, 0.3) is 0 Å². The van der Waals surface area contributed by atoms with Crippen LogP contribution in [0.2, 0.25) is 0 Å². The summed E-state index contributed by atoms with van der Waals surface area (Å²) < 4.78 is 5.68. The van der Waals surface area contributed by atoms with Crippen molar-refractivity contribution in [3.63, 3.8) is 0 Å². The molecule has 0 spiro atoms. The van der Waals surface area contributed by atoms with Gasteiger partial charge in [-0.05, 0) is 44.8 Å². The van der Waals surface area contributed by atoms with Crippen LogP contribution in [0.1, 0.15) is 56.6 Å². The molecular formula is C23H33N3O3. The van der Waals surface area contributed by atoms with Crippen LogP contribution in [-0.4, -0.2) is 60.9 Å². The molecule has 0 aliphatic carbocycles. The summed E-state index contributed by atoms with van der Waals surface area (Å²) in [5.41, 5.74) is 1.06. The summed E-state index contributed by atoms with van der Waals surface area (Å²) in [6.07, 6.45) is 7.30. The summed E-state index contributed by atoms with van der Waals surface area (Å²) >= 11 is 0. The molecule has 2 fully saturated rings. The normalized spacial score (nSPS) is 23.6. The third-order valence-electron chi connectivity index (χ3n) is 6.52. The molecule has 3 aliphatic heterocycles. The predicted octanol–water partition coefficient (Wildman–Crippen LogP) is 2.74. The Labute approximate surface area is 173 Å². The number of hydrogen-bond acceptors (Lipinski definition) is 4. The Morgan fingerprint density at radius 1 is 0.966 bits per heavy atom. The van der Waals surface area contributed by atoms with Crippen molar-refractivity contribution >= 4 is 11.8 Å². The molecule has 3 heterocycles. The molecule has 1 unspecified atom stereocenters. The van der Waals surface area contributed by atoms with Crippen molar-refractivity contribution in [3.05, 3.63) is 29.8 Å². The van der Waals surface area contributed by atoms with Gasteiger partial charge in [0, 0.05) is 31.0 Å². The van der Waals surface area contributed by atoms with Crippen LogP contribution in [0.4, 0.5) is 0 Å². The highest BCUT2D eigenvalue weighted by Crippen LogP contribution is 2.31. The number of benzene rings is 1. The summed E-state index contributed by atoms with van der Waals surface area (Å²) in [6.45, 7) is 4.53. The minimum Gasteiger partial charge on any atom is -0.493 e. The molecule has 6 heteroatoms. The number of amides is 2. The van der Waals surface area contributed by atoms with Crippen LogP contribution in [-0.2, 0) is 9.59 Å². The van der Waals surface area contributed by atoms with Crippen LogP contribution >= 0.6 is 0 Å². The van der Waals surface area contributed by atoms with E-state index >= 15 is 0 Å². The van der Waals surface area contributed by atoms with E-state index < -0.39 is 0 Å². The molecule has 0 aromatic heterocycles. The van der Waals surface area contributed by atoms with Crippen LogP contribution < -0.4 is 10.1 Å². The van der Waals surface area contributed by atoms with E-state index in [1.54, 1.807) is 0 Å². The second-order valence-corrected chi connectivity index (χ2v) is 8.58. The maximum absolute atomic E-state index is 12.8. The number of para-hydroxylation sites is 1. The van der Waals surface area contributed by atoms with Gasteiger partial charge in [-0.3, -0.25) is 14.5 Å². The molecule has 1 atom stereocenters. The Bertz CT molecular complexity index is 707. The van der Waals surface area contributed by atoms with Crippen LogP contribution in [0.5, 0.6) is 5.75 Å². The van der Waals surface area contributed by atoms with Gasteiger partial charge in [-0.25, -0.2) is 0 Å². The second kappa shape index (κ2) is 9.61. The van der Waals surface area contributed by atoms with E-state index in [-0.39, 0.29) is 17.9 Å². The van der Waals surface area contributed by atoms with Gasteiger partial charge >= 0.3 is 0 Å². The maximum atomic E-state index is 12.8. The van der Waals surface area contributed by atoms with Crippen molar-refractivity contribution in [2.24, 2.45) is 5.92 Å². The summed E-state index contributed by atoms with van der Waals surface area (Å²) in [6, 6.07) is 7.95. The fraction of sp³-hybridized carbons (Fsp3) is 0.652. The van der Waals surface area contributed by atoms with Gasteiger partial charge < -0.3 is 15.0 Å². The molecule has 2 amide bonds. The zero-order chi connectivity index (χ0) is 20.1. The number of ether oxygens (including phenoxy) is 1. The Kier molecular flexibility index (Phi) is 6.70. The molecular weight excluding hydrogens is 366 g/mol. The predicted molar refractivity (Wildman–Crippen MR) is 112 cm³/mol. The van der Waals surface area contributed by atoms with Gasteiger partial charge in [0.1, 0.15) is 5.75 Å². The maximum Gasteiger partial charge on any atom is 0.234 e. The van der Waals surface area contributed by atoms with Gasteiger partial charge in [0.05, 0.1) is 19.2 Å². The summed E-state index contributed by atoms with van der Waals surface area (Å²) in [5.74, 6) is 1.41. The van der Waals surface area contributed by atoms with Crippen molar-refractivity contribution in [2.75, 3.05) is 39.3 Å². The van der Waals surface area contributed by atoms with Gasteiger partial charge in [-0.15, -0.1) is 0 Å². The largest absolute Gasteiger partial charge is 0.493 e. The molecule has 1 N–H and O–H groups in total. The lowest BCUT2D eigenvalue weighted by Gasteiger charge is -2.34. The highest BCUT2D eigenvalue weighted by atomic mass is 16.5. The lowest BCUT2D eigenvalue weighted by molar-refractivity contribution is -0.137. The molecule has 6 nitrogen and oxygen atoms in total. The average Bonchev–Trinajstić information content (AvgIpc) is 3.04. The average molecular weight is 400 g/mol. The Morgan fingerprint density at radius 3 is 2.45 bits per heavy atom. The van der Waals surface area contributed by atoms with Crippen LogP contribution in [0.15, 0.2) is 24.3 Å². The van der Waals surface area contributed by atoms with Gasteiger partial charge in [0.15, 0.2) is 0 Å². The van der Waals surface area contributed by atoms with E-state index in [4.69, 9.17) is 4.74 Å². The second-order valence-electron chi connectivity index (χ2n) is 8.58. The first-order valence-corrected chi connectivity index (χ1v) is 11.2. The van der Waals surface area contributed by atoms with E-state index in [9.17, 15) is 9.59 Å². The quantitative estimate of drug-likeness (QED) is 0.846. The zero-order valence-electron chi connectivity index (χ0n) is 17.3. The monoisotopic (exact) mass is 399 g/mol. The fourth-order valence-corrected chi connectivity index (χ4v) is 4.82. The van der Waals surface area contributed by atoms with E-state index in [0.29, 0.717) is 19.1 Å². The molecule has 0 bridgehead atoms. The molecule has 0 radical (unpaired) electrons. The first kappa shape index (κ1) is 20.2. The number of carbonyl (C=O) groups is 2. The van der Waals surface area contributed by atoms with E-state index in [1.807, 2.05) is 24.3 Å². The topological polar surface area (TPSA) is 61.9 Å². The van der Waals surface area contributed by atoms with Crippen molar-refractivity contribution in [3.8, 4) is 5.75 Å². The first-order valence-electron chi connectivity index (χ1n) is 11.2. The Morgan fingerprint density at radius 2 is 1.69 bits per heavy atom. The number of hydrogen-bond donors (Lipinski definition) is 1. The zero-order valence-corrected chi connectivity index (χ0v) is 17.3. The molecule has 29 heavy (non-hydrogen) atoms. The summed E-state index contributed by atoms with van der Waals surface area (Å²) in [7, 11) is 0. The Hall–Kier alpha value is -2.08. The number of nitrogens with zero attached hydrogens (tertiary/aromatic N) is 2. The van der Waals surface area contributed by atoms with E-state index in [1.165, 1.54) is 12.8 Å². The number of piperidine rings is 1. The molecule has 0 saturated carbocycles. The third-order valence-corrected chi connectivity index (χ3v) is 6.52. The van der Waals surface area contributed by atoms with Crippen molar-refractivity contribution in [1.82, 2.24) is 15.1 Å². The van der Waals surface area contributed by atoms with Crippen LogP contribution in [0.25, 0.3) is 0 Å². The summed E-state index contributed by atoms with van der Waals surface area (Å²) in [4.78, 5) is 29.7. The van der Waals surface area contributed by atoms with E-state index in [0.717, 1.165) is 69.6 Å². The van der Waals surface area contributed by atoms with Gasteiger partial charge in [-0.1, -0.05) is 31.0 Å². The highest BCUT2D eigenvalue weighted by molar-refractivity contribution is 5.80. The van der Waals surface area contributed by atoms with Crippen molar-refractivity contribution < 1.29 is 14.3 Å². The molecule has 3 aliphatic rings. The van der Waals surface area contributed by atoms with Crippen molar-refractivity contribution in [2.45, 2.75) is 51.0 Å². The van der Waals surface area contributed by atoms with Gasteiger partial charge in [-0.2, -0.15) is 0 Å². The molecule has 4 rings (SSSR count). The van der Waals surface area contributed by atoms with E-state index in [2.05, 4.69) is 15.1 Å². The molecule has 158 valence electrons. The molecule has 2 saturated heterocycles. The minimum absolute atomic E-state index is 0.0228. The van der Waals surface area contributed by atoms with Gasteiger partial charge in [0.2, 0.25) is 11.8 Å². The van der Waals surface area contributed by atoms with Crippen molar-refractivity contribution in [1.29, 1.82) is 0 Å². The third kappa shape index (κ3) is 5.10. The summed E-state index contributed by atoms with van der Waals surface area (Å²) in [5, 5.41) is 3.18. The van der Waals surface area contributed by atoms with Crippen LogP contribution in [0, 0.1) is 5.92 Å². The standard InChI is InChI=1S/C23H33N3O3/c27-22(24-20-11-16-29-21-8-4-3-7-19(20)21)17-25-14-9-18(10-15-25)23(28)26-12-5-1-2-6-13-26/h3-4,7-8,18,20H,1-2,5-6,9-17H2,(H,24,27). The Balaban J connectivity index is 1.24.